The van der Waals surface area contributed by atoms with Crippen molar-refractivity contribution in [3.8, 4) is 28.8 Å². The summed E-state index contributed by atoms with van der Waals surface area (Å²) in [6.45, 7) is 2.25. The number of aryl methyl sites for hydroxylation is 1. The number of para-hydroxylation sites is 6. The lowest BCUT2D eigenvalue weighted by atomic mass is 10.0. The van der Waals surface area contributed by atoms with Gasteiger partial charge in [-0.2, -0.15) is 5.26 Å². The van der Waals surface area contributed by atoms with Gasteiger partial charge in [-0.3, -0.25) is 0 Å². The monoisotopic (exact) mass is 777 g/mol. The van der Waals surface area contributed by atoms with Crippen LogP contribution in [0.25, 0.3) is 110 Å². The first-order chi connectivity index (χ1) is 30.2. The number of hydrogen-bond acceptors (Lipinski definition) is 1. The van der Waals surface area contributed by atoms with Crippen LogP contribution in [0.3, 0.4) is 0 Å². The highest BCUT2D eigenvalue weighted by Crippen LogP contribution is 2.47. The number of nitrogens with zero attached hydrogens (tertiary/aromatic N) is 5. The van der Waals surface area contributed by atoms with Crippen LogP contribution in [-0.4, -0.2) is 18.3 Å². The maximum atomic E-state index is 11.1. The molecule has 0 radical (unpaired) electrons. The fourth-order valence-electron chi connectivity index (χ4n) is 10.5. The molecule has 0 spiro atoms. The van der Waals surface area contributed by atoms with Crippen LogP contribution in [-0.2, 0) is 0 Å². The Morgan fingerprint density at radius 1 is 0.328 bits per heavy atom. The molecular weight excluding hydrogens is 743 g/mol. The van der Waals surface area contributed by atoms with E-state index in [4.69, 9.17) is 0 Å². The third-order valence-electron chi connectivity index (χ3n) is 12.8. The maximum absolute atomic E-state index is 11.1. The van der Waals surface area contributed by atoms with E-state index in [0.29, 0.717) is 5.56 Å². The van der Waals surface area contributed by atoms with Gasteiger partial charge in [0.2, 0.25) is 0 Å². The Hall–Kier alpha value is -8.33. The molecule has 0 unspecified atom stereocenters. The van der Waals surface area contributed by atoms with Gasteiger partial charge < -0.3 is 18.3 Å². The average Bonchev–Trinajstić information content (AvgIpc) is 4.04. The molecular formula is C56H35N5. The van der Waals surface area contributed by atoms with Gasteiger partial charge in [-0.15, -0.1) is 0 Å². The molecule has 0 aliphatic carbocycles. The fourth-order valence-corrected chi connectivity index (χ4v) is 10.5. The summed E-state index contributed by atoms with van der Waals surface area (Å²) in [4.78, 5) is 0. The van der Waals surface area contributed by atoms with E-state index in [1.165, 1.54) is 38.3 Å². The molecule has 9 aromatic carbocycles. The van der Waals surface area contributed by atoms with Crippen molar-refractivity contribution < 1.29 is 0 Å². The van der Waals surface area contributed by atoms with Gasteiger partial charge in [0, 0.05) is 65.8 Å². The molecule has 4 aromatic heterocycles. The minimum atomic E-state index is 0.646. The zero-order valence-electron chi connectivity index (χ0n) is 33.2. The highest BCUT2D eigenvalue weighted by Gasteiger charge is 2.26. The Balaban J connectivity index is 1.19. The summed E-state index contributed by atoms with van der Waals surface area (Å²) < 4.78 is 9.57. The van der Waals surface area contributed by atoms with Crippen LogP contribution in [0, 0.1) is 18.3 Å². The molecule has 0 aliphatic rings. The summed E-state index contributed by atoms with van der Waals surface area (Å²) in [5.41, 5.74) is 15.0. The number of fused-ring (bicyclic) bond motifs is 14. The Kier molecular flexibility index (Phi) is 6.94. The summed E-state index contributed by atoms with van der Waals surface area (Å²) in [5, 5.41) is 20.3. The molecule has 5 nitrogen and oxygen atoms in total. The van der Waals surface area contributed by atoms with Gasteiger partial charge in [0.25, 0.3) is 0 Å². The number of aromatic nitrogens is 4. The lowest BCUT2D eigenvalue weighted by Crippen LogP contribution is -1.98. The SMILES string of the molecule is Cc1cc2c(c3ccccc3n2-c2ccccc2)c2c1c1cc(-n3c4ccccc4c4c3c(C#N)cc3c5ccccc5n(-c5ccccc5)c34)ccc1n2-c1ccccc1. The Morgan fingerprint density at radius 2 is 0.803 bits per heavy atom. The lowest BCUT2D eigenvalue weighted by molar-refractivity contribution is 1.16. The van der Waals surface area contributed by atoms with Crippen LogP contribution in [0.1, 0.15) is 11.1 Å². The van der Waals surface area contributed by atoms with Gasteiger partial charge in [0.15, 0.2) is 0 Å². The normalized spacial score (nSPS) is 12.0. The molecule has 0 bridgehead atoms. The molecule has 5 heteroatoms. The first kappa shape index (κ1) is 33.6. The van der Waals surface area contributed by atoms with Gasteiger partial charge in [-0.25, -0.2) is 0 Å². The topological polar surface area (TPSA) is 43.5 Å². The van der Waals surface area contributed by atoms with Gasteiger partial charge in [0.05, 0.1) is 49.7 Å². The van der Waals surface area contributed by atoms with E-state index in [9.17, 15) is 5.26 Å². The second-order valence-electron chi connectivity index (χ2n) is 16.1. The van der Waals surface area contributed by atoms with Crippen LogP contribution in [0.2, 0.25) is 0 Å². The minimum absolute atomic E-state index is 0.646. The van der Waals surface area contributed by atoms with E-state index in [1.54, 1.807) is 0 Å². The molecule has 0 aliphatic heterocycles. The van der Waals surface area contributed by atoms with Crippen molar-refractivity contribution in [3.05, 3.63) is 205 Å². The number of benzene rings is 9. The third-order valence-corrected chi connectivity index (χ3v) is 12.8. The van der Waals surface area contributed by atoms with E-state index in [1.807, 2.05) is 0 Å². The predicted molar refractivity (Wildman–Crippen MR) is 253 cm³/mol. The molecule has 0 saturated carbocycles. The van der Waals surface area contributed by atoms with E-state index >= 15 is 0 Å². The molecule has 13 rings (SSSR count). The van der Waals surface area contributed by atoms with Crippen LogP contribution in [0.5, 0.6) is 0 Å². The summed E-state index contributed by atoms with van der Waals surface area (Å²) in [6.07, 6.45) is 0. The van der Waals surface area contributed by atoms with E-state index < -0.39 is 0 Å². The van der Waals surface area contributed by atoms with Crippen molar-refractivity contribution in [2.45, 2.75) is 6.92 Å². The molecule has 4 heterocycles. The van der Waals surface area contributed by atoms with E-state index in [2.05, 4.69) is 225 Å². The van der Waals surface area contributed by atoms with Gasteiger partial charge in [-0.05, 0) is 97.4 Å². The molecule has 0 fully saturated rings. The van der Waals surface area contributed by atoms with Gasteiger partial charge >= 0.3 is 0 Å². The van der Waals surface area contributed by atoms with Gasteiger partial charge in [-0.1, -0.05) is 109 Å². The first-order valence-electron chi connectivity index (χ1n) is 20.8. The molecule has 13 aromatic rings. The van der Waals surface area contributed by atoms with Gasteiger partial charge in [0.1, 0.15) is 6.07 Å². The summed E-state index contributed by atoms with van der Waals surface area (Å²) in [6, 6.07) is 72.0. The average molecular weight is 778 g/mol. The predicted octanol–water partition coefficient (Wildman–Crippen LogP) is 14.3. The van der Waals surface area contributed by atoms with Crippen molar-refractivity contribution >= 4 is 87.2 Å². The molecule has 0 N–H and O–H groups in total. The van der Waals surface area contributed by atoms with Crippen molar-refractivity contribution in [2.75, 3.05) is 0 Å². The Bertz CT molecular complexity index is 3990. The zero-order chi connectivity index (χ0) is 40.3. The van der Waals surface area contributed by atoms with Crippen LogP contribution in [0.4, 0.5) is 0 Å². The highest BCUT2D eigenvalue weighted by molar-refractivity contribution is 6.29. The maximum Gasteiger partial charge on any atom is 0.101 e. The van der Waals surface area contributed by atoms with E-state index in [-0.39, 0.29) is 0 Å². The number of nitriles is 1. The smallest absolute Gasteiger partial charge is 0.101 e. The molecule has 0 amide bonds. The van der Waals surface area contributed by atoms with Crippen molar-refractivity contribution in [1.82, 2.24) is 18.3 Å². The van der Waals surface area contributed by atoms with Crippen molar-refractivity contribution in [2.24, 2.45) is 0 Å². The molecule has 61 heavy (non-hydrogen) atoms. The van der Waals surface area contributed by atoms with E-state index in [0.717, 1.165) is 77.3 Å². The number of rotatable bonds is 4. The molecule has 284 valence electrons. The third kappa shape index (κ3) is 4.53. The zero-order valence-corrected chi connectivity index (χ0v) is 33.2. The Labute approximate surface area is 350 Å². The molecule has 0 atom stereocenters. The second-order valence-corrected chi connectivity index (χ2v) is 16.1. The summed E-state index contributed by atoms with van der Waals surface area (Å²) in [7, 11) is 0. The molecule has 0 saturated heterocycles. The standard InChI is InChI=1S/C56H35N5/c1-35-31-50-52(42-24-12-15-27-47(42)58(50)37-17-5-2-6-18-37)56-51(35)45-33-40(29-30-49(45)60(56)39-21-9-4-10-22-39)61-48-28-16-13-25-43(48)53-54(61)36(34-57)32-44-41-23-11-14-26-46(41)59(55(44)53)38-19-7-3-8-20-38/h2-33H,1H3. The van der Waals surface area contributed by atoms with Crippen LogP contribution < -0.4 is 0 Å². The van der Waals surface area contributed by atoms with Crippen molar-refractivity contribution in [3.63, 3.8) is 0 Å². The summed E-state index contributed by atoms with van der Waals surface area (Å²) >= 11 is 0. The summed E-state index contributed by atoms with van der Waals surface area (Å²) in [5.74, 6) is 0. The lowest BCUT2D eigenvalue weighted by Gasteiger charge is -2.12. The highest BCUT2D eigenvalue weighted by atomic mass is 15.0. The van der Waals surface area contributed by atoms with Crippen LogP contribution in [0.15, 0.2) is 194 Å². The van der Waals surface area contributed by atoms with Crippen molar-refractivity contribution in [1.29, 1.82) is 5.26 Å². The number of hydrogen-bond donors (Lipinski definition) is 0. The second kappa shape index (κ2) is 12.6. The minimum Gasteiger partial charge on any atom is -0.309 e. The fraction of sp³-hybridized carbons (Fsp3) is 0.0179. The first-order valence-corrected chi connectivity index (χ1v) is 20.8. The quantitative estimate of drug-likeness (QED) is 0.175. The Morgan fingerprint density at radius 3 is 1.43 bits per heavy atom. The van der Waals surface area contributed by atoms with Crippen LogP contribution >= 0.6 is 0 Å². The largest absolute Gasteiger partial charge is 0.309 e.